The van der Waals surface area contributed by atoms with Crippen LogP contribution in [0.25, 0.3) is 0 Å². The maximum absolute atomic E-state index is 9.81. The Labute approximate surface area is 161 Å². The van der Waals surface area contributed by atoms with Crippen molar-refractivity contribution in [3.05, 3.63) is 0 Å². The number of hydrogen-bond acceptors (Lipinski definition) is 8. The fourth-order valence-electron chi connectivity index (χ4n) is 4.53. The van der Waals surface area contributed by atoms with Gasteiger partial charge >= 0.3 is 0 Å². The van der Waals surface area contributed by atoms with Gasteiger partial charge in [-0.1, -0.05) is 13.3 Å². The second kappa shape index (κ2) is 8.14. The molecule has 3 heterocycles. The topological polar surface area (TPSA) is 87.8 Å². The molecule has 0 spiro atoms. The summed E-state index contributed by atoms with van der Waals surface area (Å²) in [5, 5.41) is 23.8. The van der Waals surface area contributed by atoms with Gasteiger partial charge in [0, 0.05) is 39.3 Å². The van der Waals surface area contributed by atoms with Gasteiger partial charge in [-0.3, -0.25) is 5.01 Å². The molecule has 3 aliphatic heterocycles. The summed E-state index contributed by atoms with van der Waals surface area (Å²) in [5.74, 6) is 1.86. The van der Waals surface area contributed by atoms with Crippen molar-refractivity contribution < 1.29 is 5.11 Å². The molecule has 8 nitrogen and oxygen atoms in total. The largest absolute Gasteiger partial charge is 0.393 e. The number of nitrogens with one attached hydrogen (secondary N) is 2. The van der Waals surface area contributed by atoms with Gasteiger partial charge in [-0.25, -0.2) is 4.99 Å². The number of amidine groups is 1. The van der Waals surface area contributed by atoms with Crippen molar-refractivity contribution in [3.63, 3.8) is 0 Å². The number of piperazine rings is 1. The van der Waals surface area contributed by atoms with E-state index in [-0.39, 0.29) is 18.2 Å². The molecule has 0 aromatic heterocycles. The Kier molecular flexibility index (Phi) is 5.63. The number of nitrogens with zero attached hydrogens (tertiary/aromatic N) is 5. The predicted molar refractivity (Wildman–Crippen MR) is 108 cm³/mol. The third-order valence-electron chi connectivity index (χ3n) is 6.04. The molecule has 2 atom stereocenters. The van der Waals surface area contributed by atoms with Crippen LogP contribution < -0.4 is 10.6 Å². The van der Waals surface area contributed by atoms with Crippen molar-refractivity contribution >= 4 is 17.5 Å². The van der Waals surface area contributed by atoms with Gasteiger partial charge in [0.1, 0.15) is 17.9 Å². The Hall–Kier alpha value is -1.67. The minimum atomic E-state index is -0.143. The normalized spacial score (nSPS) is 34.0. The highest BCUT2D eigenvalue weighted by atomic mass is 16.3. The number of aliphatic imine (C=N–C) groups is 2. The molecule has 1 saturated carbocycles. The van der Waals surface area contributed by atoms with E-state index in [1.54, 1.807) is 0 Å². The summed E-state index contributed by atoms with van der Waals surface area (Å²) >= 11 is 0. The van der Waals surface area contributed by atoms with Crippen LogP contribution in [-0.4, -0.2) is 90.0 Å². The van der Waals surface area contributed by atoms with Gasteiger partial charge < -0.3 is 20.6 Å². The zero-order valence-electron chi connectivity index (χ0n) is 16.6. The van der Waals surface area contributed by atoms with Gasteiger partial charge in [-0.15, -0.1) is 0 Å². The Morgan fingerprint density at radius 3 is 2.63 bits per heavy atom. The molecule has 2 unspecified atom stereocenters. The first-order valence-electron chi connectivity index (χ1n) is 10.5. The molecule has 1 aliphatic carbocycles. The van der Waals surface area contributed by atoms with Crippen LogP contribution in [0.4, 0.5) is 0 Å². The smallest absolute Gasteiger partial charge is 0.223 e. The van der Waals surface area contributed by atoms with Gasteiger partial charge in [0.25, 0.3) is 0 Å². The quantitative estimate of drug-likeness (QED) is 0.664. The van der Waals surface area contributed by atoms with Crippen molar-refractivity contribution in [1.82, 2.24) is 20.5 Å². The Bertz CT molecular complexity index is 618. The standard InChI is InChI=1S/C19H33N7O/c1-3-4-15-16-17(25(2)24-15)18(21-13-5-7-14(27)8-6-13)23-19(22-16)26-11-9-20-10-12-26/h13-14,16-17,20,27H,3-12H2,1-2H3,(H,21,22,23)/t13-,14-,16?,17?. The highest BCUT2D eigenvalue weighted by Crippen LogP contribution is 2.26. The number of fused-ring (bicyclic) bond motifs is 1. The fourth-order valence-corrected chi connectivity index (χ4v) is 4.53. The zero-order chi connectivity index (χ0) is 18.8. The molecule has 0 bridgehead atoms. The number of aliphatic hydroxyl groups is 1. The predicted octanol–water partition coefficient (Wildman–Crippen LogP) is 0.392. The van der Waals surface area contributed by atoms with E-state index in [4.69, 9.17) is 15.1 Å². The molecule has 2 fully saturated rings. The lowest BCUT2D eigenvalue weighted by Gasteiger charge is -2.36. The monoisotopic (exact) mass is 375 g/mol. The first-order chi connectivity index (χ1) is 13.2. The summed E-state index contributed by atoms with van der Waals surface area (Å²) in [7, 11) is 2.04. The van der Waals surface area contributed by atoms with Gasteiger partial charge in [0.2, 0.25) is 5.96 Å². The maximum Gasteiger partial charge on any atom is 0.223 e. The van der Waals surface area contributed by atoms with E-state index in [0.29, 0.717) is 6.04 Å². The molecule has 4 aliphatic rings. The molecule has 0 amide bonds. The minimum Gasteiger partial charge on any atom is -0.393 e. The van der Waals surface area contributed by atoms with Crippen molar-refractivity contribution in [2.24, 2.45) is 15.1 Å². The van der Waals surface area contributed by atoms with Crippen LogP contribution in [0.3, 0.4) is 0 Å². The third kappa shape index (κ3) is 3.96. The number of guanidine groups is 1. The van der Waals surface area contributed by atoms with Crippen molar-refractivity contribution in [3.8, 4) is 0 Å². The Morgan fingerprint density at radius 1 is 1.19 bits per heavy atom. The number of aliphatic hydroxyl groups excluding tert-OH is 1. The molecule has 150 valence electrons. The SMILES string of the molecule is CCCC1=NN(C)C2C(N[C@H]3CC[C@H](O)CC3)=NC(N3CCNCC3)=NC12. The summed E-state index contributed by atoms with van der Waals surface area (Å²) in [6.45, 7) is 6.03. The molecular weight excluding hydrogens is 342 g/mol. The van der Waals surface area contributed by atoms with E-state index in [2.05, 4.69) is 22.5 Å². The molecule has 4 rings (SSSR count). The van der Waals surface area contributed by atoms with Crippen LogP contribution in [0.2, 0.25) is 0 Å². The third-order valence-corrected chi connectivity index (χ3v) is 6.04. The van der Waals surface area contributed by atoms with Crippen LogP contribution in [-0.2, 0) is 0 Å². The van der Waals surface area contributed by atoms with Gasteiger partial charge in [-0.2, -0.15) is 10.1 Å². The lowest BCUT2D eigenvalue weighted by molar-refractivity contribution is 0.120. The average Bonchev–Trinajstić information content (AvgIpc) is 3.00. The number of hydrogen-bond donors (Lipinski definition) is 3. The van der Waals surface area contributed by atoms with Crippen LogP contribution in [0.15, 0.2) is 15.1 Å². The van der Waals surface area contributed by atoms with Crippen molar-refractivity contribution in [1.29, 1.82) is 0 Å². The molecule has 0 aromatic carbocycles. The second-order valence-corrected chi connectivity index (χ2v) is 8.12. The van der Waals surface area contributed by atoms with Crippen LogP contribution in [0.1, 0.15) is 45.4 Å². The molecule has 27 heavy (non-hydrogen) atoms. The molecule has 0 aromatic rings. The van der Waals surface area contributed by atoms with Gasteiger partial charge in [0.05, 0.1) is 11.8 Å². The number of rotatable bonds is 3. The summed E-state index contributed by atoms with van der Waals surface area (Å²) in [6.07, 6.45) is 5.63. The molecule has 8 heteroatoms. The summed E-state index contributed by atoms with van der Waals surface area (Å²) in [4.78, 5) is 12.3. The maximum atomic E-state index is 9.81. The second-order valence-electron chi connectivity index (χ2n) is 8.12. The Balaban J connectivity index is 1.57. The molecular formula is C19H33N7O. The van der Waals surface area contributed by atoms with Crippen molar-refractivity contribution in [2.75, 3.05) is 33.2 Å². The first-order valence-corrected chi connectivity index (χ1v) is 10.5. The molecule has 0 radical (unpaired) electrons. The van der Waals surface area contributed by atoms with Crippen LogP contribution >= 0.6 is 0 Å². The minimum absolute atomic E-state index is 0.0639. The fraction of sp³-hybridized carbons (Fsp3) is 0.842. The van der Waals surface area contributed by atoms with E-state index in [9.17, 15) is 5.11 Å². The Morgan fingerprint density at radius 2 is 1.93 bits per heavy atom. The van der Waals surface area contributed by atoms with E-state index < -0.39 is 0 Å². The van der Waals surface area contributed by atoms with Crippen LogP contribution in [0.5, 0.6) is 0 Å². The highest BCUT2D eigenvalue weighted by molar-refractivity contribution is 6.08. The van der Waals surface area contributed by atoms with E-state index in [0.717, 1.165) is 76.5 Å². The number of hydrazone groups is 1. The van der Waals surface area contributed by atoms with Gasteiger partial charge in [0.15, 0.2) is 0 Å². The average molecular weight is 376 g/mol. The first kappa shape index (κ1) is 18.7. The molecule has 1 saturated heterocycles. The zero-order valence-corrected chi connectivity index (χ0v) is 16.6. The summed E-state index contributed by atoms with van der Waals surface area (Å²) < 4.78 is 0. The van der Waals surface area contributed by atoms with E-state index in [1.165, 1.54) is 5.71 Å². The van der Waals surface area contributed by atoms with E-state index >= 15 is 0 Å². The van der Waals surface area contributed by atoms with E-state index in [1.807, 2.05) is 12.1 Å². The summed E-state index contributed by atoms with van der Waals surface area (Å²) in [6, 6.07) is 0.512. The molecule has 3 N–H and O–H groups in total. The lowest BCUT2D eigenvalue weighted by Crippen LogP contribution is -2.56. The van der Waals surface area contributed by atoms with Crippen molar-refractivity contribution in [2.45, 2.75) is 69.7 Å². The summed E-state index contributed by atoms with van der Waals surface area (Å²) in [5.41, 5.74) is 1.17. The highest BCUT2D eigenvalue weighted by Gasteiger charge is 2.42. The van der Waals surface area contributed by atoms with Crippen LogP contribution in [0, 0.1) is 0 Å². The lowest BCUT2D eigenvalue weighted by atomic mass is 9.92. The van der Waals surface area contributed by atoms with Gasteiger partial charge in [-0.05, 0) is 32.1 Å². The number of likely N-dealkylation sites (N-methyl/N-ethyl adjacent to an activating group) is 1.